The Labute approximate surface area is 110 Å². The molecule has 1 atom stereocenters. The highest BCUT2D eigenvalue weighted by molar-refractivity contribution is 7.99. The molecule has 0 aliphatic carbocycles. The van der Waals surface area contributed by atoms with Gasteiger partial charge in [0.2, 0.25) is 0 Å². The van der Waals surface area contributed by atoms with E-state index in [-0.39, 0.29) is 0 Å². The lowest BCUT2D eigenvalue weighted by Gasteiger charge is -2.06. The minimum atomic E-state index is -0.475. The van der Waals surface area contributed by atoms with E-state index in [1.54, 1.807) is 13.1 Å². The standard InChI is InChI=1S/C13H12ClNOS/c1-9(16)10-5-6-15-13(7-10)17-12-4-2-3-11(14)8-12/h2-9,16H,1H3. The predicted octanol–water partition coefficient (Wildman–Crippen LogP) is 3.94. The van der Waals surface area contributed by atoms with Crippen molar-refractivity contribution in [3.8, 4) is 0 Å². The summed E-state index contributed by atoms with van der Waals surface area (Å²) < 4.78 is 0. The fourth-order valence-corrected chi connectivity index (χ4v) is 2.53. The second-order valence-corrected chi connectivity index (χ2v) is 5.19. The van der Waals surface area contributed by atoms with Crippen LogP contribution in [0.25, 0.3) is 0 Å². The SMILES string of the molecule is CC(O)c1ccnc(Sc2cccc(Cl)c2)c1. The molecule has 0 fully saturated rings. The van der Waals surface area contributed by atoms with Gasteiger partial charge in [0, 0.05) is 16.1 Å². The van der Waals surface area contributed by atoms with Crippen LogP contribution in [0.5, 0.6) is 0 Å². The molecule has 0 radical (unpaired) electrons. The molecule has 1 N–H and O–H groups in total. The second kappa shape index (κ2) is 5.54. The molecule has 4 heteroatoms. The minimum Gasteiger partial charge on any atom is -0.389 e. The van der Waals surface area contributed by atoms with Crippen molar-refractivity contribution in [1.29, 1.82) is 0 Å². The summed E-state index contributed by atoms with van der Waals surface area (Å²) in [5, 5.41) is 11.1. The molecule has 0 saturated carbocycles. The van der Waals surface area contributed by atoms with Crippen LogP contribution in [-0.2, 0) is 0 Å². The molecule has 0 bridgehead atoms. The lowest BCUT2D eigenvalue weighted by atomic mass is 10.2. The Kier molecular flexibility index (Phi) is 4.05. The Morgan fingerprint density at radius 3 is 2.82 bits per heavy atom. The van der Waals surface area contributed by atoms with Gasteiger partial charge in [0.1, 0.15) is 5.03 Å². The molecule has 0 spiro atoms. The molecule has 1 heterocycles. The number of nitrogens with zero attached hydrogens (tertiary/aromatic N) is 1. The van der Waals surface area contributed by atoms with Crippen LogP contribution < -0.4 is 0 Å². The first kappa shape index (κ1) is 12.4. The molecule has 2 aromatic rings. The summed E-state index contributed by atoms with van der Waals surface area (Å²) in [4.78, 5) is 5.29. The van der Waals surface area contributed by atoms with Crippen molar-refractivity contribution in [3.05, 3.63) is 53.2 Å². The quantitative estimate of drug-likeness (QED) is 0.913. The third-order valence-electron chi connectivity index (χ3n) is 2.26. The van der Waals surface area contributed by atoms with Crippen LogP contribution in [0.4, 0.5) is 0 Å². The van der Waals surface area contributed by atoms with Crippen molar-refractivity contribution in [2.75, 3.05) is 0 Å². The van der Waals surface area contributed by atoms with E-state index in [4.69, 9.17) is 11.6 Å². The molecule has 0 amide bonds. The first-order valence-corrected chi connectivity index (χ1v) is 6.42. The van der Waals surface area contributed by atoms with Gasteiger partial charge in [-0.2, -0.15) is 0 Å². The molecule has 0 aliphatic rings. The maximum Gasteiger partial charge on any atom is 0.101 e. The van der Waals surface area contributed by atoms with Gasteiger partial charge in [-0.3, -0.25) is 0 Å². The van der Waals surface area contributed by atoms with E-state index in [1.165, 1.54) is 11.8 Å². The Bertz CT molecular complexity index is 516. The molecule has 1 aromatic carbocycles. The van der Waals surface area contributed by atoms with Gasteiger partial charge in [-0.05, 0) is 42.8 Å². The van der Waals surface area contributed by atoms with Crippen molar-refractivity contribution in [2.24, 2.45) is 0 Å². The maximum atomic E-state index is 9.50. The van der Waals surface area contributed by atoms with Crippen LogP contribution in [0.2, 0.25) is 5.02 Å². The Balaban J connectivity index is 2.21. The van der Waals surface area contributed by atoms with Crippen molar-refractivity contribution in [3.63, 3.8) is 0 Å². The largest absolute Gasteiger partial charge is 0.389 e. The number of pyridine rings is 1. The zero-order valence-corrected chi connectivity index (χ0v) is 10.9. The summed E-state index contributed by atoms with van der Waals surface area (Å²) in [7, 11) is 0. The Morgan fingerprint density at radius 2 is 2.12 bits per heavy atom. The zero-order valence-electron chi connectivity index (χ0n) is 9.30. The summed E-state index contributed by atoms with van der Waals surface area (Å²) in [5.74, 6) is 0. The topological polar surface area (TPSA) is 33.1 Å². The third-order valence-corrected chi connectivity index (χ3v) is 3.42. The van der Waals surface area contributed by atoms with Crippen LogP contribution in [0.1, 0.15) is 18.6 Å². The Morgan fingerprint density at radius 1 is 1.29 bits per heavy atom. The van der Waals surface area contributed by atoms with E-state index >= 15 is 0 Å². The lowest BCUT2D eigenvalue weighted by Crippen LogP contribution is -1.92. The van der Waals surface area contributed by atoms with Crippen molar-refractivity contribution >= 4 is 23.4 Å². The highest BCUT2D eigenvalue weighted by Gasteiger charge is 2.04. The number of aliphatic hydroxyl groups is 1. The minimum absolute atomic E-state index is 0.475. The van der Waals surface area contributed by atoms with Gasteiger partial charge in [0.05, 0.1) is 6.10 Å². The van der Waals surface area contributed by atoms with E-state index in [2.05, 4.69) is 4.98 Å². The normalized spacial score (nSPS) is 12.4. The smallest absolute Gasteiger partial charge is 0.101 e. The lowest BCUT2D eigenvalue weighted by molar-refractivity contribution is 0.199. The monoisotopic (exact) mass is 265 g/mol. The van der Waals surface area contributed by atoms with E-state index in [9.17, 15) is 5.11 Å². The number of halogens is 1. The number of rotatable bonds is 3. The van der Waals surface area contributed by atoms with E-state index in [1.807, 2.05) is 36.4 Å². The highest BCUT2D eigenvalue weighted by Crippen LogP contribution is 2.29. The summed E-state index contributed by atoms with van der Waals surface area (Å²) in [6.45, 7) is 1.74. The van der Waals surface area contributed by atoms with Gasteiger partial charge in [-0.15, -0.1) is 0 Å². The first-order valence-electron chi connectivity index (χ1n) is 5.22. The van der Waals surface area contributed by atoms with Crippen LogP contribution >= 0.6 is 23.4 Å². The summed E-state index contributed by atoms with van der Waals surface area (Å²) in [5.41, 5.74) is 0.865. The van der Waals surface area contributed by atoms with Crippen molar-refractivity contribution in [2.45, 2.75) is 22.9 Å². The Hall–Kier alpha value is -1.03. The predicted molar refractivity (Wildman–Crippen MR) is 70.4 cm³/mol. The number of benzene rings is 1. The van der Waals surface area contributed by atoms with Gasteiger partial charge >= 0.3 is 0 Å². The maximum absolute atomic E-state index is 9.50. The van der Waals surface area contributed by atoms with E-state index < -0.39 is 6.10 Å². The van der Waals surface area contributed by atoms with Gasteiger partial charge in [-0.1, -0.05) is 29.4 Å². The summed E-state index contributed by atoms with van der Waals surface area (Å²) >= 11 is 7.45. The molecule has 88 valence electrons. The molecule has 2 rings (SSSR count). The first-order chi connectivity index (χ1) is 8.15. The molecule has 17 heavy (non-hydrogen) atoms. The van der Waals surface area contributed by atoms with Crippen LogP contribution in [0, 0.1) is 0 Å². The molecule has 2 nitrogen and oxygen atoms in total. The highest BCUT2D eigenvalue weighted by atomic mass is 35.5. The molecular weight excluding hydrogens is 254 g/mol. The van der Waals surface area contributed by atoms with Gasteiger partial charge < -0.3 is 5.11 Å². The number of aliphatic hydroxyl groups excluding tert-OH is 1. The fourth-order valence-electron chi connectivity index (χ4n) is 1.39. The van der Waals surface area contributed by atoms with Crippen LogP contribution in [0.15, 0.2) is 52.5 Å². The van der Waals surface area contributed by atoms with Crippen molar-refractivity contribution in [1.82, 2.24) is 4.98 Å². The van der Waals surface area contributed by atoms with Crippen molar-refractivity contribution < 1.29 is 5.11 Å². The van der Waals surface area contributed by atoms with Gasteiger partial charge in [0.25, 0.3) is 0 Å². The molecular formula is C13H12ClNOS. The summed E-state index contributed by atoms with van der Waals surface area (Å²) in [6, 6.07) is 11.3. The number of hydrogen-bond donors (Lipinski definition) is 1. The van der Waals surface area contributed by atoms with E-state index in [0.717, 1.165) is 15.5 Å². The third kappa shape index (κ3) is 3.46. The molecule has 0 saturated heterocycles. The summed E-state index contributed by atoms with van der Waals surface area (Å²) in [6.07, 6.45) is 1.23. The molecule has 0 aliphatic heterocycles. The average Bonchev–Trinajstić information content (AvgIpc) is 2.29. The van der Waals surface area contributed by atoms with Gasteiger partial charge in [0.15, 0.2) is 0 Å². The van der Waals surface area contributed by atoms with E-state index in [0.29, 0.717) is 5.02 Å². The van der Waals surface area contributed by atoms with Crippen LogP contribution in [0.3, 0.4) is 0 Å². The molecule has 1 aromatic heterocycles. The second-order valence-electron chi connectivity index (χ2n) is 3.66. The average molecular weight is 266 g/mol. The number of hydrogen-bond acceptors (Lipinski definition) is 3. The molecule has 1 unspecified atom stereocenters. The number of aromatic nitrogens is 1. The van der Waals surface area contributed by atoms with Crippen LogP contribution in [-0.4, -0.2) is 10.1 Å². The fraction of sp³-hybridized carbons (Fsp3) is 0.154. The zero-order chi connectivity index (χ0) is 12.3. The van der Waals surface area contributed by atoms with Gasteiger partial charge in [-0.25, -0.2) is 4.98 Å².